The molecule has 0 unspecified atom stereocenters. The van der Waals surface area contributed by atoms with Gasteiger partial charge in [0.15, 0.2) is 0 Å². The summed E-state index contributed by atoms with van der Waals surface area (Å²) >= 11 is 6.57. The van der Waals surface area contributed by atoms with Gasteiger partial charge in [-0.2, -0.15) is 0 Å². The minimum absolute atomic E-state index is 0.155. The summed E-state index contributed by atoms with van der Waals surface area (Å²) in [4.78, 5) is 8.53. The van der Waals surface area contributed by atoms with Crippen LogP contribution in [0.25, 0.3) is 5.70 Å². The summed E-state index contributed by atoms with van der Waals surface area (Å²) in [6, 6.07) is 11.9. The van der Waals surface area contributed by atoms with E-state index in [9.17, 15) is 4.39 Å². The van der Waals surface area contributed by atoms with Crippen molar-refractivity contribution in [3.05, 3.63) is 94.6 Å². The van der Waals surface area contributed by atoms with Crippen LogP contribution in [0.1, 0.15) is 11.3 Å². The van der Waals surface area contributed by atoms with Gasteiger partial charge in [-0.05, 0) is 24.3 Å². The van der Waals surface area contributed by atoms with Gasteiger partial charge < -0.3 is 5.32 Å². The second-order valence-electron chi connectivity index (χ2n) is 5.79. The summed E-state index contributed by atoms with van der Waals surface area (Å²) in [5, 5.41) is 11.8. The standard InChI is InChI=1S/C21H18ClFN4/c22-19(20(24)16-8-3-5-11-25-13-16)21(18-10-4-6-12-26-18)27-14-15-7-1-2-9-17(15)23/h1-12,24,27H,13-14H2/b21-19+,24-20?. The van der Waals surface area contributed by atoms with E-state index in [4.69, 9.17) is 17.0 Å². The maximum Gasteiger partial charge on any atom is 0.128 e. The fourth-order valence-corrected chi connectivity index (χ4v) is 2.82. The highest BCUT2D eigenvalue weighted by Crippen LogP contribution is 2.23. The van der Waals surface area contributed by atoms with Crippen LogP contribution in [0.4, 0.5) is 4.39 Å². The Morgan fingerprint density at radius 2 is 1.96 bits per heavy atom. The van der Waals surface area contributed by atoms with E-state index in [0.717, 1.165) is 0 Å². The third-order valence-corrected chi connectivity index (χ3v) is 4.33. The number of halogens is 2. The molecule has 6 heteroatoms. The molecule has 27 heavy (non-hydrogen) atoms. The van der Waals surface area contributed by atoms with Crippen molar-refractivity contribution in [1.82, 2.24) is 10.3 Å². The van der Waals surface area contributed by atoms with Crippen LogP contribution in [0.2, 0.25) is 0 Å². The Morgan fingerprint density at radius 1 is 1.15 bits per heavy atom. The number of nitrogens with one attached hydrogen (secondary N) is 2. The predicted molar refractivity (Wildman–Crippen MR) is 109 cm³/mol. The molecule has 0 atom stereocenters. The Balaban J connectivity index is 1.93. The fraction of sp³-hybridized carbons (Fsp3) is 0.0952. The molecule has 0 saturated carbocycles. The van der Waals surface area contributed by atoms with E-state index >= 15 is 0 Å². The van der Waals surface area contributed by atoms with Crippen LogP contribution >= 0.6 is 11.6 Å². The Bertz CT molecular complexity index is 946. The number of allylic oxidation sites excluding steroid dienone is 4. The van der Waals surface area contributed by atoms with Gasteiger partial charge in [0.05, 0.1) is 28.7 Å². The molecule has 0 bridgehead atoms. The molecule has 2 heterocycles. The van der Waals surface area contributed by atoms with Gasteiger partial charge in [-0.25, -0.2) is 4.39 Å². The molecule has 0 aliphatic carbocycles. The molecule has 1 aromatic heterocycles. The zero-order chi connectivity index (χ0) is 19.1. The Hall–Kier alpha value is -3.05. The van der Waals surface area contributed by atoms with Gasteiger partial charge in [-0.15, -0.1) is 0 Å². The monoisotopic (exact) mass is 380 g/mol. The lowest BCUT2D eigenvalue weighted by atomic mass is 10.1. The zero-order valence-corrected chi connectivity index (χ0v) is 15.2. The Morgan fingerprint density at radius 3 is 2.74 bits per heavy atom. The first kappa shape index (κ1) is 18.7. The van der Waals surface area contributed by atoms with E-state index in [2.05, 4.69) is 15.3 Å². The second kappa shape index (κ2) is 9.05. The molecule has 0 radical (unpaired) electrons. The molecule has 2 N–H and O–H groups in total. The molecule has 4 nitrogen and oxygen atoms in total. The van der Waals surface area contributed by atoms with Gasteiger partial charge >= 0.3 is 0 Å². The van der Waals surface area contributed by atoms with Gasteiger partial charge in [0, 0.05) is 30.1 Å². The van der Waals surface area contributed by atoms with Crippen molar-refractivity contribution in [2.75, 3.05) is 6.54 Å². The van der Waals surface area contributed by atoms with E-state index < -0.39 is 0 Å². The molecule has 0 amide bonds. The van der Waals surface area contributed by atoms with E-state index in [1.165, 1.54) is 6.07 Å². The number of aromatic nitrogens is 1. The van der Waals surface area contributed by atoms with E-state index in [0.29, 0.717) is 29.1 Å². The third kappa shape index (κ3) is 4.77. The number of pyridine rings is 1. The van der Waals surface area contributed by atoms with Gasteiger partial charge in [0.2, 0.25) is 0 Å². The average Bonchev–Trinajstić information content (AvgIpc) is 2.99. The second-order valence-corrected chi connectivity index (χ2v) is 6.17. The fourth-order valence-electron chi connectivity index (χ4n) is 2.53. The quantitative estimate of drug-likeness (QED) is 0.724. The first-order valence-electron chi connectivity index (χ1n) is 8.40. The molecule has 1 aromatic carbocycles. The van der Waals surface area contributed by atoms with E-state index in [1.54, 1.807) is 48.8 Å². The Kier molecular flexibility index (Phi) is 6.28. The van der Waals surface area contributed by atoms with Crippen molar-refractivity contribution in [2.24, 2.45) is 4.99 Å². The summed E-state index contributed by atoms with van der Waals surface area (Å²) in [5.74, 6) is -0.303. The van der Waals surface area contributed by atoms with Crippen LogP contribution in [0.3, 0.4) is 0 Å². The number of hydrogen-bond donors (Lipinski definition) is 2. The lowest BCUT2D eigenvalue weighted by Gasteiger charge is -2.15. The smallest absolute Gasteiger partial charge is 0.128 e. The molecule has 0 spiro atoms. The molecular formula is C21H18ClFN4. The predicted octanol–water partition coefficient (Wildman–Crippen LogP) is 4.50. The number of benzene rings is 1. The van der Waals surface area contributed by atoms with Crippen molar-refractivity contribution in [3.8, 4) is 0 Å². The van der Waals surface area contributed by atoms with Crippen molar-refractivity contribution in [3.63, 3.8) is 0 Å². The van der Waals surface area contributed by atoms with Crippen LogP contribution in [-0.4, -0.2) is 23.5 Å². The summed E-state index contributed by atoms with van der Waals surface area (Å²) in [7, 11) is 0. The molecule has 3 rings (SSSR count). The molecule has 2 aromatic rings. The Labute approximate surface area is 162 Å². The van der Waals surface area contributed by atoms with E-state index in [1.807, 2.05) is 18.2 Å². The van der Waals surface area contributed by atoms with Crippen molar-refractivity contribution in [1.29, 1.82) is 5.41 Å². The molecule has 1 aliphatic rings. The highest BCUT2D eigenvalue weighted by Gasteiger charge is 2.17. The minimum atomic E-state index is -0.303. The van der Waals surface area contributed by atoms with Gasteiger partial charge in [0.25, 0.3) is 0 Å². The lowest BCUT2D eigenvalue weighted by Crippen LogP contribution is -2.18. The number of nitrogens with zero attached hydrogens (tertiary/aromatic N) is 2. The SMILES string of the molecule is N=C(C1=CC=CC=NC1)/C(Cl)=C(\NCc1ccccc1F)c1ccccn1. The van der Waals surface area contributed by atoms with Crippen molar-refractivity contribution < 1.29 is 4.39 Å². The van der Waals surface area contributed by atoms with Crippen LogP contribution in [-0.2, 0) is 6.54 Å². The summed E-state index contributed by atoms with van der Waals surface area (Å²) in [6.45, 7) is 0.587. The lowest BCUT2D eigenvalue weighted by molar-refractivity contribution is 0.605. The van der Waals surface area contributed by atoms with Crippen LogP contribution in [0.5, 0.6) is 0 Å². The van der Waals surface area contributed by atoms with Crippen LogP contribution < -0.4 is 5.32 Å². The third-order valence-electron chi connectivity index (χ3n) is 3.96. The van der Waals surface area contributed by atoms with Crippen molar-refractivity contribution >= 4 is 29.2 Å². The van der Waals surface area contributed by atoms with Crippen LogP contribution in [0, 0.1) is 11.2 Å². The molecule has 136 valence electrons. The van der Waals surface area contributed by atoms with Gasteiger partial charge in [-0.3, -0.25) is 15.4 Å². The molecule has 1 aliphatic heterocycles. The topological polar surface area (TPSA) is 61.1 Å². The summed E-state index contributed by atoms with van der Waals surface area (Å²) < 4.78 is 14.0. The van der Waals surface area contributed by atoms with Crippen LogP contribution in [0.15, 0.2) is 82.5 Å². The van der Waals surface area contributed by atoms with E-state index in [-0.39, 0.29) is 23.1 Å². The summed E-state index contributed by atoms with van der Waals surface area (Å²) in [6.07, 6.45) is 8.76. The first-order valence-corrected chi connectivity index (χ1v) is 8.78. The highest BCUT2D eigenvalue weighted by atomic mass is 35.5. The first-order chi connectivity index (χ1) is 13.2. The van der Waals surface area contributed by atoms with Crippen molar-refractivity contribution in [2.45, 2.75) is 6.54 Å². The maximum atomic E-state index is 14.0. The molecule has 0 fully saturated rings. The number of hydrogen-bond acceptors (Lipinski definition) is 4. The normalized spacial score (nSPS) is 14.2. The maximum absolute atomic E-state index is 14.0. The zero-order valence-electron chi connectivity index (χ0n) is 14.5. The summed E-state index contributed by atoms with van der Waals surface area (Å²) in [5.41, 5.74) is 2.40. The highest BCUT2D eigenvalue weighted by molar-refractivity contribution is 6.48. The molecule has 0 saturated heterocycles. The van der Waals surface area contributed by atoms with Gasteiger partial charge in [-0.1, -0.05) is 48.0 Å². The molecular weight excluding hydrogens is 363 g/mol. The average molecular weight is 381 g/mol. The minimum Gasteiger partial charge on any atom is -0.378 e. The van der Waals surface area contributed by atoms with Gasteiger partial charge in [0.1, 0.15) is 5.82 Å². The number of aliphatic imine (C=N–C) groups is 1. The largest absolute Gasteiger partial charge is 0.378 e. The number of rotatable bonds is 6.